The molecule has 3 nitrogen and oxygen atoms in total. The van der Waals surface area contributed by atoms with Crippen LogP contribution in [0.25, 0.3) is 0 Å². The second kappa shape index (κ2) is 7.17. The van der Waals surface area contributed by atoms with E-state index >= 15 is 0 Å². The summed E-state index contributed by atoms with van der Waals surface area (Å²) in [5.74, 6) is 0.980. The lowest BCUT2D eigenvalue weighted by molar-refractivity contribution is -0.137. The number of benzene rings is 1. The second-order valence-corrected chi connectivity index (χ2v) is 5.45. The first-order chi connectivity index (χ1) is 8.91. The lowest BCUT2D eigenvalue weighted by atomic mass is 9.96. The molecule has 0 aliphatic carbocycles. The van der Waals surface area contributed by atoms with Gasteiger partial charge in [0.1, 0.15) is 5.75 Å². The van der Waals surface area contributed by atoms with Gasteiger partial charge in [0.25, 0.3) is 0 Å². The number of carbonyl (C=O) groups is 1. The molecule has 0 fully saturated rings. The zero-order valence-electron chi connectivity index (χ0n) is 12.3. The highest BCUT2D eigenvalue weighted by Crippen LogP contribution is 2.30. The lowest BCUT2D eigenvalue weighted by Gasteiger charge is -2.16. The second-order valence-electron chi connectivity index (χ2n) is 5.45. The van der Waals surface area contributed by atoms with Crippen LogP contribution in [0.15, 0.2) is 18.2 Å². The molecule has 106 valence electrons. The summed E-state index contributed by atoms with van der Waals surface area (Å²) >= 11 is 0. The van der Waals surface area contributed by atoms with E-state index in [0.29, 0.717) is 24.9 Å². The van der Waals surface area contributed by atoms with Gasteiger partial charge in [-0.25, -0.2) is 0 Å². The Morgan fingerprint density at radius 2 is 1.89 bits per heavy atom. The molecule has 0 heterocycles. The predicted octanol–water partition coefficient (Wildman–Crippen LogP) is 4.18. The van der Waals surface area contributed by atoms with Crippen LogP contribution in [0.1, 0.15) is 63.5 Å². The van der Waals surface area contributed by atoms with Gasteiger partial charge in [0.15, 0.2) is 0 Å². The van der Waals surface area contributed by atoms with Gasteiger partial charge >= 0.3 is 5.97 Å². The van der Waals surface area contributed by atoms with Crippen LogP contribution in [-0.4, -0.2) is 17.7 Å². The molecule has 1 aromatic rings. The molecule has 1 N–H and O–H groups in total. The maximum atomic E-state index is 10.5. The number of carboxylic acid groups (broad SMARTS) is 1. The first-order valence-corrected chi connectivity index (χ1v) is 6.90. The lowest BCUT2D eigenvalue weighted by Crippen LogP contribution is -2.05. The number of aliphatic carboxylic acids is 1. The molecule has 0 unspecified atom stereocenters. The van der Waals surface area contributed by atoms with Crippen LogP contribution in [0, 0.1) is 0 Å². The summed E-state index contributed by atoms with van der Waals surface area (Å²) in [6, 6.07) is 6.34. The fourth-order valence-electron chi connectivity index (χ4n) is 1.92. The van der Waals surface area contributed by atoms with Crippen molar-refractivity contribution in [3.8, 4) is 5.75 Å². The minimum Gasteiger partial charge on any atom is -0.493 e. The number of hydrogen-bond acceptors (Lipinski definition) is 2. The van der Waals surface area contributed by atoms with Gasteiger partial charge < -0.3 is 9.84 Å². The van der Waals surface area contributed by atoms with E-state index in [1.807, 2.05) is 0 Å². The summed E-state index contributed by atoms with van der Waals surface area (Å²) in [6.45, 7) is 9.02. The first kappa shape index (κ1) is 15.5. The van der Waals surface area contributed by atoms with Gasteiger partial charge in [-0.05, 0) is 35.4 Å². The summed E-state index contributed by atoms with van der Waals surface area (Å²) in [7, 11) is 0. The van der Waals surface area contributed by atoms with Crippen molar-refractivity contribution in [1.82, 2.24) is 0 Å². The third-order valence-corrected chi connectivity index (χ3v) is 3.12. The number of ether oxygens (including phenoxy) is 1. The summed E-state index contributed by atoms with van der Waals surface area (Å²) in [5.41, 5.74) is 2.43. The van der Waals surface area contributed by atoms with Crippen LogP contribution in [0.2, 0.25) is 0 Å². The fraction of sp³-hybridized carbons (Fsp3) is 0.562. The molecule has 0 saturated heterocycles. The van der Waals surface area contributed by atoms with E-state index < -0.39 is 5.97 Å². The van der Waals surface area contributed by atoms with E-state index in [0.717, 1.165) is 5.75 Å². The van der Waals surface area contributed by atoms with Crippen LogP contribution in [-0.2, 0) is 4.79 Å². The van der Waals surface area contributed by atoms with Crippen molar-refractivity contribution in [2.45, 2.75) is 52.4 Å². The Morgan fingerprint density at radius 3 is 2.42 bits per heavy atom. The summed E-state index contributed by atoms with van der Waals surface area (Å²) in [5, 5.41) is 8.61. The standard InChI is InChI=1S/C16H24O3/c1-11(2)13-7-8-14(12(3)4)15(10-13)19-9-5-6-16(17)18/h7-8,10-12H,5-6,9H2,1-4H3,(H,17,18). The molecular weight excluding hydrogens is 240 g/mol. The molecule has 0 spiro atoms. The smallest absolute Gasteiger partial charge is 0.303 e. The van der Waals surface area contributed by atoms with Crippen molar-refractivity contribution in [1.29, 1.82) is 0 Å². The van der Waals surface area contributed by atoms with Crippen LogP contribution >= 0.6 is 0 Å². The Balaban J connectivity index is 2.77. The maximum absolute atomic E-state index is 10.5. The minimum atomic E-state index is -0.774. The Hall–Kier alpha value is -1.51. The van der Waals surface area contributed by atoms with E-state index in [1.54, 1.807) is 0 Å². The Kier molecular flexibility index (Phi) is 5.87. The molecule has 0 aromatic heterocycles. The van der Waals surface area contributed by atoms with Crippen LogP contribution < -0.4 is 4.74 Å². The molecule has 3 heteroatoms. The normalized spacial score (nSPS) is 11.1. The summed E-state index contributed by atoms with van der Waals surface area (Å²) < 4.78 is 5.78. The first-order valence-electron chi connectivity index (χ1n) is 6.90. The molecule has 0 atom stereocenters. The molecule has 1 rings (SSSR count). The topological polar surface area (TPSA) is 46.5 Å². The monoisotopic (exact) mass is 264 g/mol. The summed E-state index contributed by atoms with van der Waals surface area (Å²) in [4.78, 5) is 10.5. The van der Waals surface area contributed by atoms with Crippen LogP contribution in [0.3, 0.4) is 0 Å². The van der Waals surface area contributed by atoms with E-state index in [9.17, 15) is 4.79 Å². The number of rotatable bonds is 7. The van der Waals surface area contributed by atoms with Gasteiger partial charge in [0, 0.05) is 6.42 Å². The molecule has 0 bridgehead atoms. The average molecular weight is 264 g/mol. The molecular formula is C16H24O3. The highest BCUT2D eigenvalue weighted by atomic mass is 16.5. The number of hydrogen-bond donors (Lipinski definition) is 1. The minimum absolute atomic E-state index is 0.154. The van der Waals surface area contributed by atoms with Gasteiger partial charge in [-0.1, -0.05) is 39.8 Å². The zero-order valence-corrected chi connectivity index (χ0v) is 12.3. The van der Waals surface area contributed by atoms with Crippen LogP contribution in [0.5, 0.6) is 5.75 Å². The molecule has 1 aromatic carbocycles. The SMILES string of the molecule is CC(C)c1ccc(C(C)C)c(OCCCC(=O)O)c1. The van der Waals surface area contributed by atoms with E-state index in [4.69, 9.17) is 9.84 Å². The van der Waals surface area contributed by atoms with Crippen molar-refractivity contribution in [2.24, 2.45) is 0 Å². The third kappa shape index (κ3) is 4.93. The Morgan fingerprint density at radius 1 is 1.21 bits per heavy atom. The van der Waals surface area contributed by atoms with E-state index in [2.05, 4.69) is 45.9 Å². The molecule has 19 heavy (non-hydrogen) atoms. The van der Waals surface area contributed by atoms with Gasteiger partial charge in [-0.15, -0.1) is 0 Å². The fourth-order valence-corrected chi connectivity index (χ4v) is 1.92. The number of carboxylic acids is 1. The highest BCUT2D eigenvalue weighted by molar-refractivity contribution is 5.66. The molecule has 0 aliphatic heterocycles. The molecule has 0 saturated carbocycles. The largest absolute Gasteiger partial charge is 0.493 e. The molecule has 0 amide bonds. The van der Waals surface area contributed by atoms with Crippen molar-refractivity contribution >= 4 is 5.97 Å². The van der Waals surface area contributed by atoms with Gasteiger partial charge in [0.2, 0.25) is 0 Å². The van der Waals surface area contributed by atoms with Crippen LogP contribution in [0.4, 0.5) is 0 Å². The predicted molar refractivity (Wildman–Crippen MR) is 77.0 cm³/mol. The maximum Gasteiger partial charge on any atom is 0.303 e. The van der Waals surface area contributed by atoms with Gasteiger partial charge in [-0.3, -0.25) is 4.79 Å². The van der Waals surface area contributed by atoms with Crippen molar-refractivity contribution in [2.75, 3.05) is 6.61 Å². The quantitative estimate of drug-likeness (QED) is 0.751. The van der Waals surface area contributed by atoms with Crippen molar-refractivity contribution < 1.29 is 14.6 Å². The molecule has 0 radical (unpaired) electrons. The average Bonchev–Trinajstić information content (AvgIpc) is 2.33. The Bertz CT molecular complexity index is 422. The van der Waals surface area contributed by atoms with E-state index in [1.165, 1.54) is 11.1 Å². The van der Waals surface area contributed by atoms with E-state index in [-0.39, 0.29) is 6.42 Å². The van der Waals surface area contributed by atoms with Gasteiger partial charge in [0.05, 0.1) is 6.61 Å². The highest BCUT2D eigenvalue weighted by Gasteiger charge is 2.10. The summed E-state index contributed by atoms with van der Waals surface area (Å²) in [6.07, 6.45) is 0.694. The third-order valence-electron chi connectivity index (χ3n) is 3.12. The van der Waals surface area contributed by atoms with Gasteiger partial charge in [-0.2, -0.15) is 0 Å². The van der Waals surface area contributed by atoms with Crippen molar-refractivity contribution in [3.05, 3.63) is 29.3 Å². The zero-order chi connectivity index (χ0) is 14.4. The van der Waals surface area contributed by atoms with Crippen molar-refractivity contribution in [3.63, 3.8) is 0 Å². The Labute approximate surface area is 115 Å². The molecule has 0 aliphatic rings.